The second-order valence-electron chi connectivity index (χ2n) is 6.48. The second kappa shape index (κ2) is 7.75. The van der Waals surface area contributed by atoms with Crippen molar-refractivity contribution in [2.45, 2.75) is 25.8 Å². The van der Waals surface area contributed by atoms with Crippen molar-refractivity contribution >= 4 is 5.91 Å². The van der Waals surface area contributed by atoms with Crippen LogP contribution in [-0.4, -0.2) is 55.0 Å². The average molecular weight is 301 g/mol. The van der Waals surface area contributed by atoms with Crippen molar-refractivity contribution in [2.75, 3.05) is 39.3 Å². The van der Waals surface area contributed by atoms with Gasteiger partial charge in [-0.05, 0) is 31.4 Å². The molecule has 0 aliphatic carbocycles. The van der Waals surface area contributed by atoms with E-state index in [1.165, 1.54) is 5.56 Å². The summed E-state index contributed by atoms with van der Waals surface area (Å²) in [5, 5.41) is 3.35. The van der Waals surface area contributed by atoms with Gasteiger partial charge in [0, 0.05) is 39.3 Å². The molecule has 0 bridgehead atoms. The van der Waals surface area contributed by atoms with Gasteiger partial charge in [0.25, 0.3) is 0 Å². The molecule has 1 amide bonds. The van der Waals surface area contributed by atoms with Crippen molar-refractivity contribution < 1.29 is 4.79 Å². The molecule has 1 aromatic carbocycles. The highest BCUT2D eigenvalue weighted by Gasteiger charge is 2.27. The van der Waals surface area contributed by atoms with Gasteiger partial charge in [0.15, 0.2) is 0 Å². The molecule has 4 heteroatoms. The number of amides is 1. The molecule has 1 unspecified atom stereocenters. The van der Waals surface area contributed by atoms with E-state index in [0.29, 0.717) is 5.91 Å². The van der Waals surface area contributed by atoms with Crippen LogP contribution in [0.3, 0.4) is 0 Å². The monoisotopic (exact) mass is 301 g/mol. The van der Waals surface area contributed by atoms with Gasteiger partial charge in [0.2, 0.25) is 5.91 Å². The third kappa shape index (κ3) is 4.08. The van der Waals surface area contributed by atoms with E-state index in [9.17, 15) is 4.79 Å². The number of carbonyl (C=O) groups is 1. The fourth-order valence-electron chi connectivity index (χ4n) is 3.51. The number of nitrogens with zero attached hydrogens (tertiary/aromatic N) is 2. The number of hydrogen-bond donors (Lipinski definition) is 1. The predicted molar refractivity (Wildman–Crippen MR) is 88.5 cm³/mol. The van der Waals surface area contributed by atoms with Crippen molar-refractivity contribution in [3.05, 3.63) is 35.9 Å². The van der Waals surface area contributed by atoms with Crippen LogP contribution in [0.25, 0.3) is 0 Å². The lowest BCUT2D eigenvalue weighted by Crippen LogP contribution is -2.44. The van der Waals surface area contributed by atoms with Crippen LogP contribution in [0.2, 0.25) is 0 Å². The minimum atomic E-state index is 0.203. The van der Waals surface area contributed by atoms with E-state index in [2.05, 4.69) is 45.4 Å². The Morgan fingerprint density at radius 3 is 2.73 bits per heavy atom. The van der Waals surface area contributed by atoms with Gasteiger partial charge in [0.1, 0.15) is 0 Å². The van der Waals surface area contributed by atoms with Crippen LogP contribution in [0.15, 0.2) is 30.3 Å². The highest BCUT2D eigenvalue weighted by molar-refractivity contribution is 5.79. The summed E-state index contributed by atoms with van der Waals surface area (Å²) < 4.78 is 0. The molecule has 3 rings (SSSR count). The van der Waals surface area contributed by atoms with Crippen LogP contribution in [0, 0.1) is 5.92 Å². The Labute approximate surface area is 133 Å². The molecule has 0 radical (unpaired) electrons. The van der Waals surface area contributed by atoms with Crippen molar-refractivity contribution in [3.8, 4) is 0 Å². The van der Waals surface area contributed by atoms with Crippen molar-refractivity contribution in [3.63, 3.8) is 0 Å². The number of benzene rings is 1. The second-order valence-corrected chi connectivity index (χ2v) is 6.48. The van der Waals surface area contributed by atoms with Crippen LogP contribution in [0.1, 0.15) is 24.8 Å². The molecule has 1 aromatic rings. The SMILES string of the molecule is O=C(C1CCCNC1)N1CCCN(Cc2ccccc2)CC1. The fourth-order valence-corrected chi connectivity index (χ4v) is 3.51. The summed E-state index contributed by atoms with van der Waals surface area (Å²) in [5.74, 6) is 0.572. The third-order valence-electron chi connectivity index (χ3n) is 4.80. The molecule has 2 aliphatic rings. The smallest absolute Gasteiger partial charge is 0.227 e. The summed E-state index contributed by atoms with van der Waals surface area (Å²) in [5.41, 5.74) is 1.36. The van der Waals surface area contributed by atoms with Gasteiger partial charge in [-0.2, -0.15) is 0 Å². The van der Waals surface area contributed by atoms with Crippen molar-refractivity contribution in [2.24, 2.45) is 5.92 Å². The Balaban J connectivity index is 1.52. The minimum absolute atomic E-state index is 0.203. The van der Waals surface area contributed by atoms with Crippen LogP contribution >= 0.6 is 0 Å². The maximum atomic E-state index is 12.6. The molecular weight excluding hydrogens is 274 g/mol. The summed E-state index contributed by atoms with van der Waals surface area (Å²) in [6.45, 7) is 6.79. The van der Waals surface area contributed by atoms with E-state index >= 15 is 0 Å². The van der Waals surface area contributed by atoms with E-state index in [1.54, 1.807) is 0 Å². The van der Waals surface area contributed by atoms with Crippen LogP contribution in [0.4, 0.5) is 0 Å². The molecule has 4 nitrogen and oxygen atoms in total. The summed E-state index contributed by atoms with van der Waals surface area (Å²) >= 11 is 0. The molecular formula is C18H27N3O. The molecule has 2 heterocycles. The molecule has 2 saturated heterocycles. The maximum Gasteiger partial charge on any atom is 0.227 e. The summed E-state index contributed by atoms with van der Waals surface area (Å²) in [4.78, 5) is 17.2. The molecule has 120 valence electrons. The van der Waals surface area contributed by atoms with Crippen LogP contribution in [0.5, 0.6) is 0 Å². The first-order chi connectivity index (χ1) is 10.8. The Kier molecular flexibility index (Phi) is 5.46. The lowest BCUT2D eigenvalue weighted by atomic mass is 9.98. The van der Waals surface area contributed by atoms with Gasteiger partial charge in [-0.15, -0.1) is 0 Å². The van der Waals surface area contributed by atoms with Gasteiger partial charge in [-0.3, -0.25) is 9.69 Å². The third-order valence-corrected chi connectivity index (χ3v) is 4.80. The molecule has 0 aromatic heterocycles. The molecule has 1 N–H and O–H groups in total. The van der Waals surface area contributed by atoms with Crippen LogP contribution in [-0.2, 0) is 11.3 Å². The van der Waals surface area contributed by atoms with E-state index in [1.807, 2.05) is 0 Å². The van der Waals surface area contributed by atoms with Gasteiger partial charge >= 0.3 is 0 Å². The molecule has 2 fully saturated rings. The van der Waals surface area contributed by atoms with Gasteiger partial charge in [-0.25, -0.2) is 0 Å². The largest absolute Gasteiger partial charge is 0.341 e. The molecule has 0 saturated carbocycles. The highest BCUT2D eigenvalue weighted by Crippen LogP contribution is 2.16. The molecule has 0 spiro atoms. The van der Waals surface area contributed by atoms with Gasteiger partial charge in [0.05, 0.1) is 5.92 Å². The van der Waals surface area contributed by atoms with Crippen molar-refractivity contribution in [1.82, 2.24) is 15.1 Å². The number of nitrogens with one attached hydrogen (secondary N) is 1. The molecule has 22 heavy (non-hydrogen) atoms. The Hall–Kier alpha value is -1.39. The van der Waals surface area contributed by atoms with E-state index in [0.717, 1.165) is 65.1 Å². The summed E-state index contributed by atoms with van der Waals surface area (Å²) in [6.07, 6.45) is 3.26. The maximum absolute atomic E-state index is 12.6. The molecule has 1 atom stereocenters. The first kappa shape index (κ1) is 15.5. The Bertz CT molecular complexity index is 470. The Morgan fingerprint density at radius 1 is 1.09 bits per heavy atom. The lowest BCUT2D eigenvalue weighted by Gasteiger charge is -2.29. The van der Waals surface area contributed by atoms with Gasteiger partial charge < -0.3 is 10.2 Å². The fraction of sp³-hybridized carbons (Fsp3) is 0.611. The average Bonchev–Trinajstić information content (AvgIpc) is 2.82. The minimum Gasteiger partial charge on any atom is -0.341 e. The number of carbonyl (C=O) groups excluding carboxylic acids is 1. The number of rotatable bonds is 3. The first-order valence-electron chi connectivity index (χ1n) is 8.59. The lowest BCUT2D eigenvalue weighted by molar-refractivity contribution is -0.135. The van der Waals surface area contributed by atoms with Gasteiger partial charge in [-0.1, -0.05) is 30.3 Å². The quantitative estimate of drug-likeness (QED) is 0.923. The standard InChI is InChI=1S/C18H27N3O/c22-18(17-8-4-9-19-14-17)21-11-5-10-20(12-13-21)15-16-6-2-1-3-7-16/h1-3,6-7,17,19H,4-5,8-15H2. The Morgan fingerprint density at radius 2 is 1.95 bits per heavy atom. The first-order valence-corrected chi connectivity index (χ1v) is 8.59. The topological polar surface area (TPSA) is 35.6 Å². The van der Waals surface area contributed by atoms with E-state index in [-0.39, 0.29) is 5.92 Å². The normalized spacial score (nSPS) is 24.0. The van der Waals surface area contributed by atoms with E-state index in [4.69, 9.17) is 0 Å². The zero-order valence-electron chi connectivity index (χ0n) is 13.3. The van der Waals surface area contributed by atoms with E-state index < -0.39 is 0 Å². The molecule has 2 aliphatic heterocycles. The zero-order valence-corrected chi connectivity index (χ0v) is 13.3. The summed E-state index contributed by atoms with van der Waals surface area (Å²) in [6, 6.07) is 10.6. The van der Waals surface area contributed by atoms with Crippen molar-refractivity contribution in [1.29, 1.82) is 0 Å². The predicted octanol–water partition coefficient (Wildman–Crippen LogP) is 1.72. The number of hydrogen-bond acceptors (Lipinski definition) is 3. The zero-order chi connectivity index (χ0) is 15.2. The highest BCUT2D eigenvalue weighted by atomic mass is 16.2. The summed E-state index contributed by atoms with van der Waals surface area (Å²) in [7, 11) is 0. The van der Waals surface area contributed by atoms with Crippen LogP contribution < -0.4 is 5.32 Å². The number of piperidine rings is 1.